The topological polar surface area (TPSA) is 97.4 Å². The molecular formula is C21H19F3N6O3. The Bertz CT molecular complexity index is 1190. The highest BCUT2D eigenvalue weighted by Gasteiger charge is 2.34. The van der Waals surface area contributed by atoms with Crippen LogP contribution in [0.4, 0.5) is 18.9 Å². The summed E-state index contributed by atoms with van der Waals surface area (Å²) in [6, 6.07) is 4.41. The number of amides is 2. The van der Waals surface area contributed by atoms with Crippen LogP contribution >= 0.6 is 0 Å². The van der Waals surface area contributed by atoms with E-state index in [1.54, 1.807) is 4.90 Å². The van der Waals surface area contributed by atoms with Gasteiger partial charge in [0.25, 0.3) is 11.8 Å². The molecule has 12 heteroatoms. The van der Waals surface area contributed by atoms with E-state index in [0.717, 1.165) is 38.1 Å². The van der Waals surface area contributed by atoms with E-state index in [4.69, 9.17) is 4.52 Å². The number of fused-ring (bicyclic) bond motifs is 1. The van der Waals surface area contributed by atoms with Gasteiger partial charge in [0.05, 0.1) is 30.3 Å². The number of anilines is 1. The molecule has 9 nitrogen and oxygen atoms in total. The van der Waals surface area contributed by atoms with Gasteiger partial charge < -0.3 is 14.3 Å². The van der Waals surface area contributed by atoms with Crippen LogP contribution in [-0.4, -0.2) is 56.3 Å². The number of likely N-dealkylation sites (tertiary alicyclic amines) is 1. The van der Waals surface area contributed by atoms with Crippen LogP contribution in [0.15, 0.2) is 35.0 Å². The Labute approximate surface area is 185 Å². The van der Waals surface area contributed by atoms with Crippen LogP contribution in [-0.2, 0) is 23.9 Å². The average Bonchev–Trinajstić information content (AvgIpc) is 3.54. The molecule has 0 spiro atoms. The van der Waals surface area contributed by atoms with E-state index in [-0.39, 0.29) is 36.3 Å². The van der Waals surface area contributed by atoms with E-state index < -0.39 is 17.6 Å². The minimum Gasteiger partial charge on any atom is -0.342 e. The predicted octanol–water partition coefficient (Wildman–Crippen LogP) is 2.78. The van der Waals surface area contributed by atoms with Crippen LogP contribution in [0.2, 0.25) is 0 Å². The lowest BCUT2D eigenvalue weighted by Gasteiger charge is -2.28. The number of alkyl halides is 3. The van der Waals surface area contributed by atoms with Crippen molar-refractivity contribution in [2.45, 2.75) is 32.0 Å². The van der Waals surface area contributed by atoms with Gasteiger partial charge in [-0.1, -0.05) is 5.16 Å². The lowest BCUT2D eigenvalue weighted by atomic mass is 10.1. The Morgan fingerprint density at radius 3 is 2.48 bits per heavy atom. The molecule has 0 N–H and O–H groups in total. The monoisotopic (exact) mass is 460 g/mol. The Balaban J connectivity index is 1.37. The molecule has 33 heavy (non-hydrogen) atoms. The molecule has 3 aromatic rings. The van der Waals surface area contributed by atoms with Crippen LogP contribution in [0.3, 0.4) is 0 Å². The van der Waals surface area contributed by atoms with Crippen molar-refractivity contribution in [1.82, 2.24) is 24.8 Å². The zero-order valence-corrected chi connectivity index (χ0v) is 17.4. The molecule has 0 saturated carbocycles. The van der Waals surface area contributed by atoms with Crippen molar-refractivity contribution in [3.63, 3.8) is 0 Å². The summed E-state index contributed by atoms with van der Waals surface area (Å²) < 4.78 is 45.4. The summed E-state index contributed by atoms with van der Waals surface area (Å²) in [6.07, 6.45) is -1.07. The third kappa shape index (κ3) is 3.96. The van der Waals surface area contributed by atoms with E-state index >= 15 is 0 Å². The molecular weight excluding hydrogens is 441 g/mol. The Hall–Kier alpha value is -3.70. The summed E-state index contributed by atoms with van der Waals surface area (Å²) in [4.78, 5) is 32.9. The molecule has 5 rings (SSSR count). The van der Waals surface area contributed by atoms with Gasteiger partial charge in [0, 0.05) is 25.3 Å². The second kappa shape index (κ2) is 8.01. The van der Waals surface area contributed by atoms with Crippen molar-refractivity contribution in [2.75, 3.05) is 24.5 Å². The van der Waals surface area contributed by atoms with E-state index in [2.05, 4.69) is 15.2 Å². The van der Waals surface area contributed by atoms with E-state index in [9.17, 15) is 22.8 Å². The molecule has 172 valence electrons. The van der Waals surface area contributed by atoms with Crippen molar-refractivity contribution in [1.29, 1.82) is 0 Å². The molecule has 0 atom stereocenters. The molecule has 2 aromatic heterocycles. The molecule has 2 amide bonds. The third-order valence-electron chi connectivity index (χ3n) is 5.80. The zero-order chi connectivity index (χ0) is 23.2. The van der Waals surface area contributed by atoms with Gasteiger partial charge in [0.1, 0.15) is 5.69 Å². The van der Waals surface area contributed by atoms with E-state index in [1.165, 1.54) is 27.9 Å². The number of hydrogen-bond donors (Lipinski definition) is 0. The minimum atomic E-state index is -4.46. The Kier molecular flexibility index (Phi) is 5.14. The SMILES string of the molecule is O=C(Cc1noc(-c2cnn3c2C(=O)N(c2ccc(C(F)(F)F)cc2)CC3)n1)N1CCCC1. The molecule has 0 aliphatic carbocycles. The summed E-state index contributed by atoms with van der Waals surface area (Å²) in [5, 5.41) is 8.07. The maximum absolute atomic E-state index is 13.2. The molecule has 2 aliphatic rings. The second-order valence-corrected chi connectivity index (χ2v) is 7.91. The average molecular weight is 460 g/mol. The predicted molar refractivity (Wildman–Crippen MR) is 108 cm³/mol. The van der Waals surface area contributed by atoms with Gasteiger partial charge in [0.15, 0.2) is 5.82 Å². The first-order chi connectivity index (χ1) is 15.8. The summed E-state index contributed by atoms with van der Waals surface area (Å²) in [5.74, 6) is -0.254. The fourth-order valence-electron chi connectivity index (χ4n) is 4.09. The molecule has 0 radical (unpaired) electrons. The summed E-state index contributed by atoms with van der Waals surface area (Å²) in [7, 11) is 0. The first kappa shape index (κ1) is 21.2. The minimum absolute atomic E-state index is 0.00139. The third-order valence-corrected chi connectivity index (χ3v) is 5.80. The fraction of sp³-hybridized carbons (Fsp3) is 0.381. The number of halogens is 3. The number of hydrogen-bond acceptors (Lipinski definition) is 6. The van der Waals surface area contributed by atoms with Crippen molar-refractivity contribution < 1.29 is 27.3 Å². The molecule has 1 saturated heterocycles. The lowest BCUT2D eigenvalue weighted by molar-refractivity contribution is -0.137. The van der Waals surface area contributed by atoms with E-state index in [1.807, 2.05) is 0 Å². The van der Waals surface area contributed by atoms with Crippen LogP contribution in [0.25, 0.3) is 11.5 Å². The van der Waals surface area contributed by atoms with Gasteiger partial charge in [-0.05, 0) is 37.1 Å². The van der Waals surface area contributed by atoms with Gasteiger partial charge in [0.2, 0.25) is 5.91 Å². The van der Waals surface area contributed by atoms with Crippen molar-refractivity contribution in [3.8, 4) is 11.5 Å². The molecule has 0 unspecified atom stereocenters. The van der Waals surface area contributed by atoms with Gasteiger partial charge in [-0.25, -0.2) is 0 Å². The normalized spacial score (nSPS) is 16.4. The number of benzene rings is 1. The van der Waals surface area contributed by atoms with Crippen LogP contribution in [0.5, 0.6) is 0 Å². The van der Waals surface area contributed by atoms with Gasteiger partial charge >= 0.3 is 6.18 Å². The van der Waals surface area contributed by atoms with E-state index in [0.29, 0.717) is 17.8 Å². The Morgan fingerprint density at radius 2 is 1.79 bits per heavy atom. The van der Waals surface area contributed by atoms with Crippen LogP contribution in [0, 0.1) is 0 Å². The lowest BCUT2D eigenvalue weighted by Crippen LogP contribution is -2.40. The molecule has 2 aliphatic heterocycles. The number of nitrogens with zero attached hydrogens (tertiary/aromatic N) is 6. The molecule has 0 bridgehead atoms. The summed E-state index contributed by atoms with van der Waals surface area (Å²) in [6.45, 7) is 2.03. The summed E-state index contributed by atoms with van der Waals surface area (Å²) >= 11 is 0. The van der Waals surface area contributed by atoms with Crippen molar-refractivity contribution in [2.24, 2.45) is 0 Å². The van der Waals surface area contributed by atoms with Gasteiger partial charge in [-0.15, -0.1) is 0 Å². The smallest absolute Gasteiger partial charge is 0.342 e. The highest BCUT2D eigenvalue weighted by molar-refractivity contribution is 6.09. The number of rotatable bonds is 4. The quantitative estimate of drug-likeness (QED) is 0.594. The number of aromatic nitrogens is 4. The maximum Gasteiger partial charge on any atom is 0.416 e. The Morgan fingerprint density at radius 1 is 1.06 bits per heavy atom. The molecule has 1 aromatic carbocycles. The highest BCUT2D eigenvalue weighted by Crippen LogP contribution is 2.32. The summed E-state index contributed by atoms with van der Waals surface area (Å²) in [5.41, 5.74) is 0.0586. The molecule has 1 fully saturated rings. The second-order valence-electron chi connectivity index (χ2n) is 7.91. The standard InChI is InChI=1S/C21H19F3N6O3/c22-21(23,24)13-3-5-14(6-4-13)29-9-10-30-18(20(29)32)15(12-25-30)19-26-16(27-33-19)11-17(31)28-7-1-2-8-28/h3-6,12H,1-2,7-11H2. The fourth-order valence-corrected chi connectivity index (χ4v) is 4.09. The van der Waals surface area contributed by atoms with Gasteiger partial charge in [-0.3, -0.25) is 14.3 Å². The van der Waals surface area contributed by atoms with Crippen LogP contribution < -0.4 is 4.90 Å². The zero-order valence-electron chi connectivity index (χ0n) is 17.4. The van der Waals surface area contributed by atoms with Crippen LogP contribution in [0.1, 0.15) is 34.7 Å². The maximum atomic E-state index is 13.2. The first-order valence-corrected chi connectivity index (χ1v) is 10.5. The number of carbonyl (C=O) groups excluding carboxylic acids is 2. The van der Waals surface area contributed by atoms with Crippen molar-refractivity contribution >= 4 is 17.5 Å². The van der Waals surface area contributed by atoms with Gasteiger partial charge in [-0.2, -0.15) is 23.3 Å². The van der Waals surface area contributed by atoms with Crippen molar-refractivity contribution in [3.05, 3.63) is 47.5 Å². The largest absolute Gasteiger partial charge is 0.416 e. The molecule has 4 heterocycles. The number of carbonyl (C=O) groups is 2. The first-order valence-electron chi connectivity index (χ1n) is 10.5. The highest BCUT2D eigenvalue weighted by atomic mass is 19.4.